The molecule has 2 aromatic carbocycles. The average molecular weight is 436 g/mol. The number of methoxy groups -OCH3 is 1. The highest BCUT2D eigenvalue weighted by Crippen LogP contribution is 2.41. The molecular weight excluding hydrogens is 415 g/mol. The van der Waals surface area contributed by atoms with Crippen molar-refractivity contribution in [3.8, 4) is 11.5 Å². The van der Waals surface area contributed by atoms with E-state index in [4.69, 9.17) is 18.6 Å². The number of aliphatic hydroxyl groups is 4. The van der Waals surface area contributed by atoms with Gasteiger partial charge in [0.1, 0.15) is 30.2 Å². The molecule has 0 unspecified atom stereocenters. The molecule has 10 heteroatoms. The average Bonchev–Trinajstić information content (AvgIpc) is 2.74. The minimum absolute atomic E-state index is 0.0105. The number of fused-ring (bicyclic) bond motifs is 3. The first kappa shape index (κ1) is 21.5. The van der Waals surface area contributed by atoms with Gasteiger partial charge >= 0.3 is 5.63 Å². The molecule has 1 fully saturated rings. The van der Waals surface area contributed by atoms with Crippen LogP contribution in [0, 0.1) is 12.7 Å². The summed E-state index contributed by atoms with van der Waals surface area (Å²) in [4.78, 5) is 12.6. The Morgan fingerprint density at radius 1 is 1.13 bits per heavy atom. The predicted molar refractivity (Wildman–Crippen MR) is 106 cm³/mol. The van der Waals surface area contributed by atoms with Crippen LogP contribution in [0.2, 0.25) is 0 Å². The fourth-order valence-electron chi connectivity index (χ4n) is 3.80. The number of ether oxygens (including phenoxy) is 3. The maximum atomic E-state index is 15.2. The van der Waals surface area contributed by atoms with Crippen LogP contribution < -0.4 is 15.1 Å². The van der Waals surface area contributed by atoms with E-state index in [9.17, 15) is 25.2 Å². The van der Waals surface area contributed by atoms with Gasteiger partial charge in [0.15, 0.2) is 11.3 Å². The molecule has 0 bridgehead atoms. The predicted octanol–water partition coefficient (Wildman–Crippen LogP) is 0.581. The third-order valence-corrected chi connectivity index (χ3v) is 5.39. The number of benzene rings is 2. The van der Waals surface area contributed by atoms with Crippen molar-refractivity contribution in [3.05, 3.63) is 46.1 Å². The maximum absolute atomic E-state index is 15.2. The van der Waals surface area contributed by atoms with Crippen molar-refractivity contribution < 1.29 is 43.4 Å². The van der Waals surface area contributed by atoms with Gasteiger partial charge < -0.3 is 39.1 Å². The minimum atomic E-state index is -1.72. The first-order valence-electron chi connectivity index (χ1n) is 9.48. The zero-order valence-corrected chi connectivity index (χ0v) is 16.6. The number of aliphatic hydroxyl groups excluding tert-OH is 4. The zero-order valence-electron chi connectivity index (χ0n) is 16.6. The summed E-state index contributed by atoms with van der Waals surface area (Å²) < 4.78 is 36.6. The van der Waals surface area contributed by atoms with Gasteiger partial charge in [0.25, 0.3) is 0 Å². The van der Waals surface area contributed by atoms with Crippen molar-refractivity contribution in [2.45, 2.75) is 37.6 Å². The maximum Gasteiger partial charge on any atom is 0.344 e. The lowest BCUT2D eigenvalue weighted by Gasteiger charge is -2.39. The second kappa shape index (κ2) is 8.06. The Balaban J connectivity index is 1.86. The molecule has 1 aliphatic rings. The Bertz CT molecular complexity index is 1190. The summed E-state index contributed by atoms with van der Waals surface area (Å²) >= 11 is 0. The zero-order chi connectivity index (χ0) is 22.4. The van der Waals surface area contributed by atoms with E-state index in [1.54, 1.807) is 25.1 Å². The van der Waals surface area contributed by atoms with Crippen molar-refractivity contribution >= 4 is 21.7 Å². The molecule has 4 N–H and O–H groups in total. The lowest BCUT2D eigenvalue weighted by molar-refractivity contribution is -0.277. The van der Waals surface area contributed by atoms with Crippen molar-refractivity contribution in [2.24, 2.45) is 0 Å². The third kappa shape index (κ3) is 3.42. The first-order chi connectivity index (χ1) is 14.8. The molecule has 0 radical (unpaired) electrons. The van der Waals surface area contributed by atoms with E-state index in [2.05, 4.69) is 0 Å². The number of aryl methyl sites for hydroxylation is 1. The summed E-state index contributed by atoms with van der Waals surface area (Å²) in [6, 6.07) is 5.95. The smallest absolute Gasteiger partial charge is 0.344 e. The quantitative estimate of drug-likeness (QED) is 0.342. The molecule has 9 nitrogen and oxygen atoms in total. The summed E-state index contributed by atoms with van der Waals surface area (Å²) in [6.45, 7) is 1.05. The molecule has 0 aliphatic carbocycles. The molecule has 5 atom stereocenters. The van der Waals surface area contributed by atoms with Gasteiger partial charge in [-0.05, 0) is 12.5 Å². The Morgan fingerprint density at radius 3 is 2.55 bits per heavy atom. The van der Waals surface area contributed by atoms with Crippen LogP contribution in [0.3, 0.4) is 0 Å². The third-order valence-electron chi connectivity index (χ3n) is 5.39. The highest BCUT2D eigenvalue weighted by Gasteiger charge is 2.45. The molecule has 0 amide bonds. The Hall–Kier alpha value is -2.76. The van der Waals surface area contributed by atoms with E-state index >= 15 is 4.39 Å². The number of hydrogen-bond donors (Lipinski definition) is 4. The van der Waals surface area contributed by atoms with E-state index in [0.29, 0.717) is 10.9 Å². The molecule has 0 saturated carbocycles. The lowest BCUT2D eigenvalue weighted by atomic mass is 9.99. The molecule has 3 aromatic rings. The molecule has 1 saturated heterocycles. The molecule has 31 heavy (non-hydrogen) atoms. The van der Waals surface area contributed by atoms with Gasteiger partial charge in [-0.1, -0.05) is 18.2 Å². The fraction of sp³-hybridized carbons (Fsp3) is 0.381. The van der Waals surface area contributed by atoms with Crippen LogP contribution in [0.1, 0.15) is 5.56 Å². The van der Waals surface area contributed by atoms with E-state index in [1.165, 1.54) is 7.11 Å². The van der Waals surface area contributed by atoms with Crippen LogP contribution in [0.15, 0.2) is 33.5 Å². The fourth-order valence-corrected chi connectivity index (χ4v) is 3.80. The summed E-state index contributed by atoms with van der Waals surface area (Å²) in [7, 11) is 1.26. The highest BCUT2D eigenvalue weighted by atomic mass is 19.1. The standard InChI is InChI=1S/C21H21FO9/c1-8-4-3-5-9-13(8)20(27)31-19-14(9)10(22)6-11(18(19)28-2)29-21-17(26)16(25)15(24)12(7-23)30-21/h3-6,12,15-17,21,23-26H,7H2,1-2H3/t12-,15-,16+,17-,21-/m1/s1. The van der Waals surface area contributed by atoms with Crippen LogP contribution >= 0.6 is 0 Å². The van der Waals surface area contributed by atoms with Crippen molar-refractivity contribution in [2.75, 3.05) is 13.7 Å². The van der Waals surface area contributed by atoms with Gasteiger partial charge in [0.05, 0.1) is 24.5 Å². The van der Waals surface area contributed by atoms with E-state index < -0.39 is 48.8 Å². The van der Waals surface area contributed by atoms with Gasteiger partial charge in [-0.25, -0.2) is 9.18 Å². The summed E-state index contributed by atoms with van der Waals surface area (Å²) in [5.41, 5.74) is -0.276. The Morgan fingerprint density at radius 2 is 1.87 bits per heavy atom. The molecular formula is C21H21FO9. The summed E-state index contributed by atoms with van der Waals surface area (Å²) in [6.07, 6.45) is -7.77. The van der Waals surface area contributed by atoms with E-state index in [1.807, 2.05) is 0 Å². The van der Waals surface area contributed by atoms with Crippen molar-refractivity contribution in [1.29, 1.82) is 0 Å². The SMILES string of the molecule is COc1c(O[C@@H]2O[C@H](CO)[C@@H](O)[C@H](O)[C@H]2O)cc(F)c2c1oc(=O)c1c(C)cccc12. The molecule has 0 spiro atoms. The second-order valence-electron chi connectivity index (χ2n) is 7.30. The molecule has 1 aromatic heterocycles. The minimum Gasteiger partial charge on any atom is -0.490 e. The highest BCUT2D eigenvalue weighted by molar-refractivity contribution is 6.07. The van der Waals surface area contributed by atoms with Gasteiger partial charge in [0, 0.05) is 11.5 Å². The van der Waals surface area contributed by atoms with Crippen LogP contribution in [-0.4, -0.2) is 64.8 Å². The lowest BCUT2D eigenvalue weighted by Crippen LogP contribution is -2.60. The monoisotopic (exact) mass is 436 g/mol. The van der Waals surface area contributed by atoms with E-state index in [-0.39, 0.29) is 27.9 Å². The Labute approximate surface area is 174 Å². The number of halogens is 1. The molecule has 166 valence electrons. The van der Waals surface area contributed by atoms with Gasteiger partial charge in [-0.2, -0.15) is 0 Å². The first-order valence-corrected chi connectivity index (χ1v) is 9.48. The summed E-state index contributed by atoms with van der Waals surface area (Å²) in [5.74, 6) is -1.18. The normalized spacial score (nSPS) is 26.4. The number of hydrogen-bond acceptors (Lipinski definition) is 9. The topological polar surface area (TPSA) is 139 Å². The molecule has 2 heterocycles. The summed E-state index contributed by atoms with van der Waals surface area (Å²) in [5, 5.41) is 39.9. The molecule has 4 rings (SSSR count). The largest absolute Gasteiger partial charge is 0.490 e. The van der Waals surface area contributed by atoms with E-state index in [0.717, 1.165) is 6.07 Å². The Kier molecular flexibility index (Phi) is 5.58. The van der Waals surface area contributed by atoms with Crippen LogP contribution in [-0.2, 0) is 4.74 Å². The van der Waals surface area contributed by atoms with Crippen LogP contribution in [0.25, 0.3) is 21.7 Å². The van der Waals surface area contributed by atoms with Crippen molar-refractivity contribution in [3.63, 3.8) is 0 Å². The number of rotatable bonds is 4. The van der Waals surface area contributed by atoms with Gasteiger partial charge in [0.2, 0.25) is 12.0 Å². The van der Waals surface area contributed by atoms with Crippen LogP contribution in [0.4, 0.5) is 4.39 Å². The second-order valence-corrected chi connectivity index (χ2v) is 7.30. The van der Waals surface area contributed by atoms with Gasteiger partial charge in [-0.15, -0.1) is 0 Å². The molecule has 1 aliphatic heterocycles. The van der Waals surface area contributed by atoms with Crippen molar-refractivity contribution in [1.82, 2.24) is 0 Å². The van der Waals surface area contributed by atoms with Gasteiger partial charge in [-0.3, -0.25) is 0 Å². The van der Waals surface area contributed by atoms with Crippen LogP contribution in [0.5, 0.6) is 11.5 Å².